The smallest absolute Gasteiger partial charge is 0.319 e. The molecule has 0 aliphatic rings. The zero-order valence-corrected chi connectivity index (χ0v) is 15.6. The van der Waals surface area contributed by atoms with E-state index in [1.165, 1.54) is 22.4 Å². The molecule has 0 aliphatic carbocycles. The van der Waals surface area contributed by atoms with Gasteiger partial charge < -0.3 is 5.32 Å². The number of carbonyl (C=O) groups is 1. The van der Waals surface area contributed by atoms with Crippen molar-refractivity contribution < 1.29 is 18.0 Å². The summed E-state index contributed by atoms with van der Waals surface area (Å²) in [6, 6.07) is -0.351. The van der Waals surface area contributed by atoms with Gasteiger partial charge in [0.1, 0.15) is 11.4 Å². The van der Waals surface area contributed by atoms with Gasteiger partial charge in [0.2, 0.25) is 0 Å². The molecule has 0 spiro atoms. The van der Waals surface area contributed by atoms with E-state index in [2.05, 4.69) is 15.4 Å². The van der Waals surface area contributed by atoms with Crippen molar-refractivity contribution in [3.05, 3.63) is 39.8 Å². The minimum Gasteiger partial charge on any atom is -0.319 e. The maximum atomic E-state index is 12.9. The molecule has 148 valence electrons. The molecule has 2 heterocycles. The third-order valence-electron chi connectivity index (χ3n) is 3.94. The minimum absolute atomic E-state index is 0.00171. The molecule has 0 atom stereocenters. The molecule has 0 saturated heterocycles. The van der Waals surface area contributed by atoms with Gasteiger partial charge in [-0.3, -0.25) is 18.8 Å². The summed E-state index contributed by atoms with van der Waals surface area (Å²) in [5, 5.41) is 6.52. The molecule has 0 radical (unpaired) electrons. The van der Waals surface area contributed by atoms with Gasteiger partial charge in [-0.1, -0.05) is 0 Å². The van der Waals surface area contributed by atoms with Crippen LogP contribution in [0.2, 0.25) is 0 Å². The molecule has 0 fully saturated rings. The van der Waals surface area contributed by atoms with E-state index in [9.17, 15) is 22.8 Å². The van der Waals surface area contributed by atoms with Crippen molar-refractivity contribution in [1.29, 1.82) is 0 Å². The number of rotatable bonds is 6. The largest absolute Gasteiger partial charge is 0.389 e. The SMILES string of the molecule is Cc1nc(CCCC(F)(F)F)n(C(C)C)c(=O)c1C(=O)Nc1cnn(C)c1. The molecule has 10 heteroatoms. The van der Waals surface area contributed by atoms with Gasteiger partial charge in [0.15, 0.2) is 0 Å². The lowest BCUT2D eigenvalue weighted by Crippen LogP contribution is -2.35. The Balaban J connectivity index is 2.35. The lowest BCUT2D eigenvalue weighted by Gasteiger charge is -2.18. The first-order valence-electron chi connectivity index (χ1n) is 8.48. The highest BCUT2D eigenvalue weighted by Crippen LogP contribution is 2.22. The number of nitrogens with one attached hydrogen (secondary N) is 1. The average Bonchev–Trinajstić information content (AvgIpc) is 2.90. The molecule has 1 N–H and O–H groups in total. The molecular weight excluding hydrogens is 363 g/mol. The van der Waals surface area contributed by atoms with E-state index in [0.717, 1.165) is 0 Å². The Morgan fingerprint density at radius 2 is 2.00 bits per heavy atom. The van der Waals surface area contributed by atoms with E-state index in [-0.39, 0.29) is 36.0 Å². The second kappa shape index (κ2) is 7.93. The number of halogens is 3. The number of hydrogen-bond acceptors (Lipinski definition) is 4. The lowest BCUT2D eigenvalue weighted by molar-refractivity contribution is -0.135. The van der Waals surface area contributed by atoms with E-state index in [0.29, 0.717) is 5.69 Å². The van der Waals surface area contributed by atoms with Crippen LogP contribution in [0.3, 0.4) is 0 Å². The van der Waals surface area contributed by atoms with Gasteiger partial charge >= 0.3 is 6.18 Å². The predicted molar refractivity (Wildman–Crippen MR) is 93.8 cm³/mol. The maximum Gasteiger partial charge on any atom is 0.389 e. The molecule has 0 saturated carbocycles. The highest BCUT2D eigenvalue weighted by atomic mass is 19.4. The van der Waals surface area contributed by atoms with E-state index in [1.807, 2.05) is 0 Å². The summed E-state index contributed by atoms with van der Waals surface area (Å²) in [7, 11) is 1.68. The van der Waals surface area contributed by atoms with Crippen LogP contribution in [0.5, 0.6) is 0 Å². The van der Waals surface area contributed by atoms with Crippen LogP contribution in [-0.4, -0.2) is 31.4 Å². The van der Waals surface area contributed by atoms with Crippen LogP contribution in [0.25, 0.3) is 0 Å². The first kappa shape index (κ1) is 20.7. The van der Waals surface area contributed by atoms with Gasteiger partial charge in [0.05, 0.1) is 17.6 Å². The number of nitrogens with zero attached hydrogens (tertiary/aromatic N) is 4. The van der Waals surface area contributed by atoms with Gasteiger partial charge in [0.25, 0.3) is 11.5 Å². The van der Waals surface area contributed by atoms with Crippen LogP contribution in [0.1, 0.15) is 54.6 Å². The monoisotopic (exact) mass is 385 g/mol. The number of aromatic nitrogens is 4. The van der Waals surface area contributed by atoms with Crippen molar-refractivity contribution in [2.45, 2.75) is 52.3 Å². The highest BCUT2D eigenvalue weighted by Gasteiger charge is 2.27. The average molecular weight is 385 g/mol. The Bertz CT molecular complexity index is 884. The molecule has 0 aromatic carbocycles. The molecule has 2 aromatic rings. The molecule has 0 unspecified atom stereocenters. The Hall–Kier alpha value is -2.65. The van der Waals surface area contributed by atoms with E-state index in [4.69, 9.17) is 0 Å². The highest BCUT2D eigenvalue weighted by molar-refractivity contribution is 6.04. The van der Waals surface area contributed by atoms with Crippen LogP contribution in [0.4, 0.5) is 18.9 Å². The Labute approximate surface area is 154 Å². The fourth-order valence-electron chi connectivity index (χ4n) is 2.79. The standard InChI is InChI=1S/C17H22F3N5O2/c1-10(2)25-13(6-5-7-17(18,19)20)22-11(3)14(16(25)27)15(26)23-12-8-21-24(4)9-12/h8-10H,5-7H2,1-4H3,(H,23,26). The quantitative estimate of drug-likeness (QED) is 0.829. The van der Waals surface area contributed by atoms with Crippen LogP contribution < -0.4 is 10.9 Å². The summed E-state index contributed by atoms with van der Waals surface area (Å²) in [4.78, 5) is 29.7. The summed E-state index contributed by atoms with van der Waals surface area (Å²) in [6.45, 7) is 4.93. The number of anilines is 1. The Morgan fingerprint density at radius 3 is 2.52 bits per heavy atom. The van der Waals surface area contributed by atoms with Crippen LogP contribution in [0, 0.1) is 6.92 Å². The molecular formula is C17H22F3N5O2. The third kappa shape index (κ3) is 5.18. The van der Waals surface area contributed by atoms with Gasteiger partial charge in [0, 0.05) is 32.1 Å². The van der Waals surface area contributed by atoms with Crippen molar-refractivity contribution in [2.75, 3.05) is 5.32 Å². The van der Waals surface area contributed by atoms with Crippen molar-refractivity contribution in [2.24, 2.45) is 7.05 Å². The summed E-state index contributed by atoms with van der Waals surface area (Å²) >= 11 is 0. The number of aryl methyl sites for hydroxylation is 3. The van der Waals surface area contributed by atoms with Gasteiger partial charge in [-0.25, -0.2) is 4.98 Å². The third-order valence-corrected chi connectivity index (χ3v) is 3.94. The second-order valence-electron chi connectivity index (χ2n) is 6.58. The molecule has 0 aliphatic heterocycles. The van der Waals surface area contributed by atoms with Crippen molar-refractivity contribution in [3.8, 4) is 0 Å². The minimum atomic E-state index is -4.26. The van der Waals surface area contributed by atoms with Crippen molar-refractivity contribution >= 4 is 11.6 Å². The fraction of sp³-hybridized carbons (Fsp3) is 0.529. The van der Waals surface area contributed by atoms with Crippen LogP contribution >= 0.6 is 0 Å². The number of hydrogen-bond donors (Lipinski definition) is 1. The summed E-state index contributed by atoms with van der Waals surface area (Å²) in [5.41, 5.74) is -0.0972. The van der Waals surface area contributed by atoms with E-state index < -0.39 is 24.1 Å². The summed E-state index contributed by atoms with van der Waals surface area (Å²) in [6.07, 6.45) is -2.38. The second-order valence-corrected chi connectivity index (χ2v) is 6.58. The fourth-order valence-corrected chi connectivity index (χ4v) is 2.79. The Kier molecular flexibility index (Phi) is 6.07. The zero-order valence-electron chi connectivity index (χ0n) is 15.6. The first-order chi connectivity index (χ1) is 12.5. The van der Waals surface area contributed by atoms with Gasteiger partial charge in [-0.2, -0.15) is 18.3 Å². The molecule has 2 rings (SSSR count). The topological polar surface area (TPSA) is 81.8 Å². The van der Waals surface area contributed by atoms with Crippen LogP contribution in [-0.2, 0) is 13.5 Å². The zero-order chi connectivity index (χ0) is 20.4. The summed E-state index contributed by atoms with van der Waals surface area (Å²) in [5.74, 6) is -0.385. The molecule has 0 bridgehead atoms. The predicted octanol–water partition coefficient (Wildman–Crippen LogP) is 3.00. The molecule has 7 nitrogen and oxygen atoms in total. The summed E-state index contributed by atoms with van der Waals surface area (Å²) < 4.78 is 40.0. The molecule has 2 aromatic heterocycles. The van der Waals surface area contributed by atoms with Crippen molar-refractivity contribution in [3.63, 3.8) is 0 Å². The normalized spacial score (nSPS) is 11.9. The Morgan fingerprint density at radius 1 is 1.33 bits per heavy atom. The maximum absolute atomic E-state index is 12.9. The van der Waals surface area contributed by atoms with Gasteiger partial charge in [-0.05, 0) is 27.2 Å². The number of amides is 1. The van der Waals surface area contributed by atoms with E-state index >= 15 is 0 Å². The number of alkyl halides is 3. The van der Waals surface area contributed by atoms with Gasteiger partial charge in [-0.15, -0.1) is 0 Å². The van der Waals surface area contributed by atoms with E-state index in [1.54, 1.807) is 27.1 Å². The first-order valence-corrected chi connectivity index (χ1v) is 8.48. The number of carbonyl (C=O) groups excluding carboxylic acids is 1. The molecule has 27 heavy (non-hydrogen) atoms. The molecule has 1 amide bonds. The van der Waals surface area contributed by atoms with Crippen molar-refractivity contribution in [1.82, 2.24) is 19.3 Å². The van der Waals surface area contributed by atoms with Crippen LogP contribution in [0.15, 0.2) is 17.2 Å². The lowest BCUT2D eigenvalue weighted by atomic mass is 10.1.